The molecule has 4 rings (SSSR count). The number of nitrogens with zero attached hydrogens (tertiary/aromatic N) is 1. The number of carbonyl (C=O) groups excluding carboxylic acids is 2. The van der Waals surface area contributed by atoms with Crippen LogP contribution >= 0.6 is 11.8 Å². The van der Waals surface area contributed by atoms with Gasteiger partial charge in [-0.3, -0.25) is 14.1 Å². The number of hydrogen-bond donors (Lipinski definition) is 1. The van der Waals surface area contributed by atoms with Gasteiger partial charge in [0.15, 0.2) is 0 Å². The summed E-state index contributed by atoms with van der Waals surface area (Å²) in [6.07, 6.45) is 4.22. The minimum absolute atomic E-state index is 0.00746. The third-order valence-electron chi connectivity index (χ3n) is 7.00. The maximum atomic E-state index is 13.6. The molecular formula is C24H29NO8S3. The summed E-state index contributed by atoms with van der Waals surface area (Å²) in [4.78, 5) is 26.6. The van der Waals surface area contributed by atoms with Gasteiger partial charge in [-0.2, -0.15) is 24.5 Å². The highest BCUT2D eigenvalue weighted by Gasteiger charge is 2.43. The van der Waals surface area contributed by atoms with Crippen LogP contribution in [0.4, 0.5) is 0 Å². The summed E-state index contributed by atoms with van der Waals surface area (Å²) in [5, 5.41) is -0.504. The first-order valence-electron chi connectivity index (χ1n) is 11.5. The summed E-state index contributed by atoms with van der Waals surface area (Å²) in [6.45, 7) is 5.07. The first kappa shape index (κ1) is 27.1. The van der Waals surface area contributed by atoms with Crippen LogP contribution in [0.25, 0.3) is 11.3 Å². The van der Waals surface area contributed by atoms with Gasteiger partial charge >= 0.3 is 0 Å². The largest absolute Gasteiger partial charge is 0.442 e. The monoisotopic (exact) mass is 555 g/mol. The number of carbonyl (C=O) groups is 2. The smallest absolute Gasteiger partial charge is 0.276 e. The lowest BCUT2D eigenvalue weighted by Gasteiger charge is -2.34. The van der Waals surface area contributed by atoms with Gasteiger partial charge in [-0.15, -0.1) is 0 Å². The van der Waals surface area contributed by atoms with Crippen molar-refractivity contribution in [3.63, 3.8) is 0 Å². The second kappa shape index (κ2) is 9.39. The van der Waals surface area contributed by atoms with Gasteiger partial charge in [0.2, 0.25) is 16.7 Å². The van der Waals surface area contributed by atoms with Gasteiger partial charge in [-0.05, 0) is 49.0 Å². The van der Waals surface area contributed by atoms with E-state index in [1.807, 2.05) is 6.07 Å². The predicted molar refractivity (Wildman–Crippen MR) is 137 cm³/mol. The van der Waals surface area contributed by atoms with E-state index in [-0.39, 0.29) is 34.4 Å². The number of furan rings is 1. The fourth-order valence-electron chi connectivity index (χ4n) is 5.14. The molecule has 9 nitrogen and oxygen atoms in total. The van der Waals surface area contributed by atoms with Gasteiger partial charge in [0.05, 0.1) is 11.3 Å². The highest BCUT2D eigenvalue weighted by Crippen LogP contribution is 2.46. The molecule has 0 fully saturated rings. The molecule has 0 amide bonds. The Hall–Kier alpha value is -1.99. The molecular weight excluding hydrogens is 526 g/mol. The average Bonchev–Trinajstić information content (AvgIpc) is 3.14. The van der Waals surface area contributed by atoms with Crippen LogP contribution in [0.15, 0.2) is 21.6 Å². The van der Waals surface area contributed by atoms with Crippen LogP contribution in [0, 0.1) is 6.92 Å². The van der Waals surface area contributed by atoms with E-state index in [2.05, 4.69) is 13.8 Å². The minimum Gasteiger partial charge on any atom is -0.442 e. The molecule has 0 unspecified atom stereocenters. The lowest BCUT2D eigenvalue weighted by Crippen LogP contribution is -2.37. The molecule has 0 saturated heterocycles. The summed E-state index contributed by atoms with van der Waals surface area (Å²) < 4.78 is 65.7. The zero-order valence-electron chi connectivity index (χ0n) is 20.6. The van der Waals surface area contributed by atoms with Gasteiger partial charge in [-0.25, -0.2) is 8.42 Å². The standard InChI is InChI=1S/C24H29NO8S3/c1-14-18-20(26)21(27)19-15-6-5-9-24(2,3)17(15)8-7-16(19)22(18)33-23(14)36(31,32)25(10-12-34-4)11-13-35(28,29)30/h7-8H,5-6,9-13H2,1-4H3,(H,28,29,30). The van der Waals surface area contributed by atoms with Crippen molar-refractivity contribution in [1.29, 1.82) is 0 Å². The lowest BCUT2D eigenvalue weighted by molar-refractivity contribution is 0.0813. The van der Waals surface area contributed by atoms with Crippen molar-refractivity contribution >= 4 is 43.5 Å². The quantitative estimate of drug-likeness (QED) is 0.383. The summed E-state index contributed by atoms with van der Waals surface area (Å²) >= 11 is 1.36. The molecule has 12 heteroatoms. The minimum atomic E-state index is -4.42. The number of ketones is 2. The molecule has 2 aromatic rings. The van der Waals surface area contributed by atoms with Crippen LogP contribution in [0.2, 0.25) is 0 Å². The Balaban J connectivity index is 1.87. The number of Topliss-reactive ketones (excluding diaryl/α,β-unsaturated/α-hetero) is 2. The third kappa shape index (κ3) is 4.58. The van der Waals surface area contributed by atoms with Crippen LogP contribution in [0.1, 0.15) is 64.1 Å². The number of thioether (sulfide) groups is 1. The Morgan fingerprint density at radius 2 is 1.75 bits per heavy atom. The van der Waals surface area contributed by atoms with Gasteiger partial charge in [0.25, 0.3) is 20.1 Å². The molecule has 1 aromatic carbocycles. The summed E-state index contributed by atoms with van der Waals surface area (Å²) in [5.41, 5.74) is 2.24. The Morgan fingerprint density at radius 1 is 1.08 bits per heavy atom. The van der Waals surface area contributed by atoms with Crippen LogP contribution in [0.5, 0.6) is 0 Å². The molecule has 2 aliphatic carbocycles. The number of fused-ring (bicyclic) bond motifs is 5. The van der Waals surface area contributed by atoms with Gasteiger partial charge in [-0.1, -0.05) is 26.0 Å². The molecule has 1 aromatic heterocycles. The van der Waals surface area contributed by atoms with E-state index < -0.39 is 49.1 Å². The first-order valence-corrected chi connectivity index (χ1v) is 16.0. The summed E-state index contributed by atoms with van der Waals surface area (Å²) in [6, 6.07) is 3.64. The normalized spacial score (nSPS) is 17.2. The molecule has 0 bridgehead atoms. The van der Waals surface area contributed by atoms with Crippen molar-refractivity contribution in [2.75, 3.05) is 30.9 Å². The Kier molecular flexibility index (Phi) is 7.06. The van der Waals surface area contributed by atoms with Gasteiger partial charge in [0, 0.05) is 35.5 Å². The van der Waals surface area contributed by atoms with E-state index >= 15 is 0 Å². The zero-order valence-corrected chi connectivity index (χ0v) is 23.0. The van der Waals surface area contributed by atoms with E-state index in [1.54, 1.807) is 12.3 Å². The summed E-state index contributed by atoms with van der Waals surface area (Å²) in [5.74, 6) is -1.87. The molecule has 1 N–H and O–H groups in total. The molecule has 0 aliphatic heterocycles. The number of sulfonamides is 1. The maximum Gasteiger partial charge on any atom is 0.276 e. The Morgan fingerprint density at radius 3 is 2.39 bits per heavy atom. The van der Waals surface area contributed by atoms with Crippen molar-refractivity contribution in [2.45, 2.75) is 50.5 Å². The molecule has 0 spiro atoms. The molecule has 2 aliphatic rings. The van der Waals surface area contributed by atoms with E-state index in [4.69, 9.17) is 8.97 Å². The topological polar surface area (TPSA) is 139 Å². The highest BCUT2D eigenvalue weighted by atomic mass is 32.2. The number of rotatable bonds is 8. The van der Waals surface area contributed by atoms with E-state index in [1.165, 1.54) is 18.7 Å². The Labute approximate surface area is 215 Å². The predicted octanol–water partition coefficient (Wildman–Crippen LogP) is 3.49. The van der Waals surface area contributed by atoms with Crippen LogP contribution in [0.3, 0.4) is 0 Å². The summed E-state index contributed by atoms with van der Waals surface area (Å²) in [7, 11) is -8.80. The average molecular weight is 556 g/mol. The third-order valence-corrected chi connectivity index (χ3v) is 10.2. The van der Waals surface area contributed by atoms with E-state index in [0.717, 1.165) is 28.3 Å². The van der Waals surface area contributed by atoms with Crippen molar-refractivity contribution in [3.8, 4) is 11.3 Å². The number of hydrogen-bond acceptors (Lipinski definition) is 8. The molecule has 0 radical (unpaired) electrons. The second-order valence-electron chi connectivity index (χ2n) is 9.81. The highest BCUT2D eigenvalue weighted by molar-refractivity contribution is 7.98. The van der Waals surface area contributed by atoms with Crippen molar-refractivity contribution < 1.29 is 35.4 Å². The van der Waals surface area contributed by atoms with E-state index in [0.29, 0.717) is 17.7 Å². The lowest BCUT2D eigenvalue weighted by atomic mass is 9.69. The van der Waals surface area contributed by atoms with Crippen LogP contribution in [-0.2, 0) is 32.0 Å². The molecule has 0 saturated carbocycles. The van der Waals surface area contributed by atoms with Crippen molar-refractivity contribution in [2.24, 2.45) is 0 Å². The maximum absolute atomic E-state index is 13.6. The van der Waals surface area contributed by atoms with Gasteiger partial charge in [0.1, 0.15) is 5.76 Å². The SMILES string of the molecule is CSCCN(CCS(=O)(=O)O)S(=O)(=O)c1oc2c(c1C)C(=O)C(=O)c1c-2ccc2c1CCCC2(C)C. The fourth-order valence-corrected chi connectivity index (χ4v) is 7.80. The molecule has 196 valence electrons. The molecule has 1 heterocycles. The van der Waals surface area contributed by atoms with Crippen LogP contribution < -0.4 is 0 Å². The van der Waals surface area contributed by atoms with Crippen molar-refractivity contribution in [1.82, 2.24) is 4.31 Å². The number of benzene rings is 1. The second-order valence-corrected chi connectivity index (χ2v) is 14.2. The first-order chi connectivity index (χ1) is 16.7. The van der Waals surface area contributed by atoms with Crippen LogP contribution in [-0.4, -0.2) is 68.1 Å². The fraction of sp³-hybridized carbons (Fsp3) is 0.500. The molecule has 36 heavy (non-hydrogen) atoms. The molecule has 0 atom stereocenters. The Bertz CT molecular complexity index is 1470. The van der Waals surface area contributed by atoms with Gasteiger partial charge < -0.3 is 4.42 Å². The van der Waals surface area contributed by atoms with E-state index in [9.17, 15) is 26.4 Å². The zero-order chi connectivity index (χ0) is 26.6. The van der Waals surface area contributed by atoms with Crippen molar-refractivity contribution in [3.05, 3.63) is 39.9 Å².